The number of hydrogen-bond donors (Lipinski definition) is 2. The maximum absolute atomic E-state index is 12.4. The Hall–Kier alpha value is -2.83. The second kappa shape index (κ2) is 6.74. The molecule has 0 saturated carbocycles. The van der Waals surface area contributed by atoms with Crippen LogP contribution in [0.1, 0.15) is 36.7 Å². The SMILES string of the molecule is CCOC(=O)C(C)(C)n1cc(NC(=O)c2cc(N)ccc2C)cn1. The summed E-state index contributed by atoms with van der Waals surface area (Å²) in [5, 5.41) is 6.91. The van der Waals surface area contributed by atoms with Crippen molar-refractivity contribution in [2.24, 2.45) is 0 Å². The fourth-order valence-corrected chi connectivity index (χ4v) is 2.18. The number of aromatic nitrogens is 2. The molecule has 0 bridgehead atoms. The number of carbonyl (C=O) groups excluding carboxylic acids is 2. The van der Waals surface area contributed by atoms with Gasteiger partial charge in [0.2, 0.25) is 0 Å². The summed E-state index contributed by atoms with van der Waals surface area (Å²) in [6.07, 6.45) is 3.08. The predicted molar refractivity (Wildman–Crippen MR) is 91.7 cm³/mol. The van der Waals surface area contributed by atoms with E-state index in [9.17, 15) is 9.59 Å². The van der Waals surface area contributed by atoms with E-state index in [1.807, 2.05) is 6.92 Å². The van der Waals surface area contributed by atoms with Gasteiger partial charge in [-0.25, -0.2) is 4.79 Å². The van der Waals surface area contributed by atoms with Crippen LogP contribution in [0.4, 0.5) is 11.4 Å². The third-order valence-corrected chi connectivity index (χ3v) is 3.69. The number of anilines is 2. The molecule has 1 amide bonds. The van der Waals surface area contributed by atoms with Gasteiger partial charge in [-0.2, -0.15) is 5.10 Å². The summed E-state index contributed by atoms with van der Waals surface area (Å²) in [5.41, 5.74) is 7.08. The van der Waals surface area contributed by atoms with Gasteiger partial charge in [0, 0.05) is 17.4 Å². The van der Waals surface area contributed by atoms with Crippen LogP contribution in [0.2, 0.25) is 0 Å². The highest BCUT2D eigenvalue weighted by molar-refractivity contribution is 6.05. The lowest BCUT2D eigenvalue weighted by Crippen LogP contribution is -2.37. The third kappa shape index (κ3) is 3.56. The first kappa shape index (κ1) is 17.5. The van der Waals surface area contributed by atoms with Crippen molar-refractivity contribution in [3.8, 4) is 0 Å². The number of nitrogens with one attached hydrogen (secondary N) is 1. The maximum atomic E-state index is 12.4. The Bertz CT molecular complexity index is 765. The van der Waals surface area contributed by atoms with E-state index in [2.05, 4.69) is 10.4 Å². The van der Waals surface area contributed by atoms with Crippen molar-refractivity contribution in [2.75, 3.05) is 17.7 Å². The van der Waals surface area contributed by atoms with Crippen molar-refractivity contribution in [1.29, 1.82) is 0 Å². The molecule has 0 atom stereocenters. The molecule has 7 heteroatoms. The summed E-state index contributed by atoms with van der Waals surface area (Å²) in [6, 6.07) is 5.15. The molecule has 3 N–H and O–H groups in total. The van der Waals surface area contributed by atoms with Crippen molar-refractivity contribution in [2.45, 2.75) is 33.2 Å². The van der Waals surface area contributed by atoms with Gasteiger partial charge in [-0.15, -0.1) is 0 Å². The molecule has 1 heterocycles. The zero-order valence-corrected chi connectivity index (χ0v) is 14.3. The third-order valence-electron chi connectivity index (χ3n) is 3.69. The van der Waals surface area contributed by atoms with Crippen LogP contribution in [-0.4, -0.2) is 28.3 Å². The fourth-order valence-electron chi connectivity index (χ4n) is 2.18. The van der Waals surface area contributed by atoms with Gasteiger partial charge in [0.15, 0.2) is 5.54 Å². The number of nitrogens with zero attached hydrogens (tertiary/aromatic N) is 2. The Balaban J connectivity index is 2.18. The maximum Gasteiger partial charge on any atom is 0.333 e. The normalized spacial score (nSPS) is 11.2. The van der Waals surface area contributed by atoms with Crippen molar-refractivity contribution in [3.05, 3.63) is 41.7 Å². The number of esters is 1. The van der Waals surface area contributed by atoms with Crippen molar-refractivity contribution >= 4 is 23.3 Å². The molecule has 1 aromatic carbocycles. The highest BCUT2D eigenvalue weighted by Crippen LogP contribution is 2.20. The van der Waals surface area contributed by atoms with Crippen LogP contribution in [0, 0.1) is 6.92 Å². The van der Waals surface area contributed by atoms with E-state index in [4.69, 9.17) is 10.5 Å². The number of nitrogens with two attached hydrogens (primary N) is 1. The predicted octanol–water partition coefficient (Wildman–Crippen LogP) is 2.32. The van der Waals surface area contributed by atoms with E-state index < -0.39 is 11.5 Å². The van der Waals surface area contributed by atoms with E-state index >= 15 is 0 Å². The molecule has 1 aromatic heterocycles. The lowest BCUT2D eigenvalue weighted by Gasteiger charge is -2.22. The van der Waals surface area contributed by atoms with Crippen molar-refractivity contribution in [1.82, 2.24) is 9.78 Å². The molecular formula is C17H22N4O3. The van der Waals surface area contributed by atoms with Crippen LogP contribution >= 0.6 is 0 Å². The van der Waals surface area contributed by atoms with Crippen LogP contribution in [-0.2, 0) is 15.1 Å². The van der Waals surface area contributed by atoms with E-state index in [-0.39, 0.29) is 5.91 Å². The molecule has 0 aliphatic heterocycles. The number of hydrogen-bond acceptors (Lipinski definition) is 5. The summed E-state index contributed by atoms with van der Waals surface area (Å²) in [5.74, 6) is -0.675. The molecule has 2 aromatic rings. The molecule has 0 unspecified atom stereocenters. The molecule has 0 aliphatic rings. The number of carbonyl (C=O) groups is 2. The summed E-state index contributed by atoms with van der Waals surface area (Å²) in [6.45, 7) is 7.28. The lowest BCUT2D eigenvalue weighted by molar-refractivity contribution is -0.152. The Morgan fingerprint density at radius 1 is 1.38 bits per heavy atom. The van der Waals surface area contributed by atoms with Gasteiger partial charge in [0.05, 0.1) is 18.5 Å². The minimum Gasteiger partial charge on any atom is -0.464 e. The molecular weight excluding hydrogens is 308 g/mol. The Kier molecular flexibility index (Phi) is 4.92. The molecule has 0 aliphatic carbocycles. The summed E-state index contributed by atoms with van der Waals surface area (Å²) < 4.78 is 6.51. The fraction of sp³-hybridized carbons (Fsp3) is 0.353. The molecule has 2 rings (SSSR count). The lowest BCUT2D eigenvalue weighted by atomic mass is 10.1. The first-order valence-electron chi connectivity index (χ1n) is 7.65. The van der Waals surface area contributed by atoms with Gasteiger partial charge >= 0.3 is 5.97 Å². The zero-order chi connectivity index (χ0) is 17.9. The van der Waals surface area contributed by atoms with Gasteiger partial charge in [-0.3, -0.25) is 9.48 Å². The molecule has 24 heavy (non-hydrogen) atoms. The second-order valence-electron chi connectivity index (χ2n) is 5.98. The molecule has 7 nitrogen and oxygen atoms in total. The Morgan fingerprint density at radius 3 is 2.75 bits per heavy atom. The smallest absolute Gasteiger partial charge is 0.333 e. The van der Waals surface area contributed by atoms with Crippen molar-refractivity contribution < 1.29 is 14.3 Å². The number of aryl methyl sites for hydroxylation is 1. The Labute approximate surface area is 140 Å². The van der Waals surface area contributed by atoms with Crippen LogP contribution in [0.15, 0.2) is 30.6 Å². The van der Waals surface area contributed by atoms with E-state index in [0.717, 1.165) is 5.56 Å². The van der Waals surface area contributed by atoms with Gasteiger partial charge in [-0.05, 0) is 45.4 Å². The quantitative estimate of drug-likeness (QED) is 0.647. The Morgan fingerprint density at radius 2 is 2.08 bits per heavy atom. The van der Waals surface area contributed by atoms with Crippen LogP contribution < -0.4 is 11.1 Å². The zero-order valence-electron chi connectivity index (χ0n) is 14.3. The molecule has 0 fully saturated rings. The summed E-state index contributed by atoms with van der Waals surface area (Å²) in [7, 11) is 0. The average Bonchev–Trinajstić information content (AvgIpc) is 2.99. The second-order valence-corrected chi connectivity index (χ2v) is 5.98. The van der Waals surface area contributed by atoms with E-state index in [0.29, 0.717) is 23.5 Å². The molecule has 0 spiro atoms. The first-order valence-corrected chi connectivity index (χ1v) is 7.65. The number of rotatable bonds is 5. The van der Waals surface area contributed by atoms with Crippen LogP contribution in [0.5, 0.6) is 0 Å². The van der Waals surface area contributed by atoms with Crippen LogP contribution in [0.3, 0.4) is 0 Å². The highest BCUT2D eigenvalue weighted by atomic mass is 16.5. The summed E-state index contributed by atoms with van der Waals surface area (Å²) >= 11 is 0. The number of nitrogen functional groups attached to an aromatic ring is 1. The molecule has 128 valence electrons. The number of amides is 1. The standard InChI is InChI=1S/C17H22N4O3/c1-5-24-16(23)17(3,4)21-10-13(9-19-21)20-15(22)14-8-12(18)7-6-11(14)2/h6-10H,5,18H2,1-4H3,(H,20,22). The molecule has 0 saturated heterocycles. The first-order chi connectivity index (χ1) is 11.3. The largest absolute Gasteiger partial charge is 0.464 e. The highest BCUT2D eigenvalue weighted by Gasteiger charge is 2.32. The number of benzene rings is 1. The minimum absolute atomic E-state index is 0.284. The monoisotopic (exact) mass is 330 g/mol. The van der Waals surface area contributed by atoms with Crippen LogP contribution in [0.25, 0.3) is 0 Å². The van der Waals surface area contributed by atoms with Gasteiger partial charge in [-0.1, -0.05) is 6.07 Å². The molecule has 0 radical (unpaired) electrons. The van der Waals surface area contributed by atoms with Gasteiger partial charge in [0.1, 0.15) is 0 Å². The van der Waals surface area contributed by atoms with Crippen molar-refractivity contribution in [3.63, 3.8) is 0 Å². The van der Waals surface area contributed by atoms with Gasteiger partial charge < -0.3 is 15.8 Å². The average molecular weight is 330 g/mol. The van der Waals surface area contributed by atoms with E-state index in [1.165, 1.54) is 10.9 Å². The topological polar surface area (TPSA) is 99.2 Å². The summed E-state index contributed by atoms with van der Waals surface area (Å²) in [4.78, 5) is 24.4. The minimum atomic E-state index is -0.966. The van der Waals surface area contributed by atoms with Gasteiger partial charge in [0.25, 0.3) is 5.91 Å². The number of ether oxygens (including phenoxy) is 1. The van der Waals surface area contributed by atoms with E-state index in [1.54, 1.807) is 45.2 Å².